The topological polar surface area (TPSA) is 67.9 Å². The second-order valence-corrected chi connectivity index (χ2v) is 6.89. The van der Waals surface area contributed by atoms with Gasteiger partial charge >= 0.3 is 0 Å². The van der Waals surface area contributed by atoms with E-state index in [4.69, 9.17) is 11.6 Å². The predicted octanol–water partition coefficient (Wildman–Crippen LogP) is 2.30. The molecule has 1 aliphatic heterocycles. The van der Waals surface area contributed by atoms with Crippen LogP contribution in [0, 0.1) is 10.1 Å². The van der Waals surface area contributed by atoms with E-state index in [0.717, 1.165) is 19.6 Å². The molecule has 1 amide bonds. The van der Waals surface area contributed by atoms with Gasteiger partial charge in [-0.2, -0.15) is 0 Å². The fourth-order valence-electron chi connectivity index (χ4n) is 3.12. The molecule has 2 aromatic carbocycles. The third-order valence-corrected chi connectivity index (χ3v) is 4.99. The van der Waals surface area contributed by atoms with Crippen molar-refractivity contribution in [3.63, 3.8) is 0 Å². The molecule has 1 heterocycles. The van der Waals surface area contributed by atoms with E-state index in [1.165, 1.54) is 28.7 Å². The molecule has 3 rings (SSSR count). The minimum Gasteiger partial charge on any atom is -0.329 e. The van der Waals surface area contributed by atoms with E-state index >= 15 is 0 Å². The highest BCUT2D eigenvalue weighted by atomic mass is 35.5. The summed E-state index contributed by atoms with van der Waals surface area (Å²) in [5.41, 5.74) is 1.24. The van der Waals surface area contributed by atoms with E-state index in [1.54, 1.807) is 4.90 Å². The lowest BCUT2D eigenvalue weighted by molar-refractivity contribution is -0.898. The van der Waals surface area contributed by atoms with Gasteiger partial charge < -0.3 is 9.80 Å². The zero-order valence-corrected chi connectivity index (χ0v) is 15.6. The summed E-state index contributed by atoms with van der Waals surface area (Å²) < 4.78 is 0. The van der Waals surface area contributed by atoms with E-state index < -0.39 is 4.92 Å². The van der Waals surface area contributed by atoms with Crippen LogP contribution in [0.1, 0.15) is 15.9 Å². The number of rotatable bonds is 5. The van der Waals surface area contributed by atoms with Gasteiger partial charge in [0, 0.05) is 12.1 Å². The summed E-state index contributed by atoms with van der Waals surface area (Å²) in [5, 5.41) is 11.2. The van der Waals surface area contributed by atoms with Gasteiger partial charge in [0.1, 0.15) is 0 Å². The van der Waals surface area contributed by atoms with E-state index in [-0.39, 0.29) is 22.2 Å². The number of hydrogen-bond donors (Lipinski definition) is 1. The van der Waals surface area contributed by atoms with Crippen molar-refractivity contribution in [2.45, 2.75) is 0 Å². The molecule has 0 aliphatic carbocycles. The lowest BCUT2D eigenvalue weighted by atomic mass is 10.1. The molecule has 0 atom stereocenters. The summed E-state index contributed by atoms with van der Waals surface area (Å²) in [6.45, 7) is 3.77. The highest BCUT2D eigenvalue weighted by Gasteiger charge is 2.26. The predicted molar refractivity (Wildman–Crippen MR) is 105 cm³/mol. The number of carbonyl (C=O) groups excluding carboxylic acids is 1. The molecule has 0 radical (unpaired) electrons. The van der Waals surface area contributed by atoms with Crippen molar-refractivity contribution in [1.82, 2.24) is 4.90 Å². The van der Waals surface area contributed by atoms with Crippen LogP contribution in [0.2, 0.25) is 5.02 Å². The molecule has 0 unspecified atom stereocenters. The van der Waals surface area contributed by atoms with Crippen molar-refractivity contribution in [3.8, 4) is 0 Å². The average Bonchev–Trinajstić information content (AvgIpc) is 2.69. The maximum Gasteiger partial charge on any atom is 0.270 e. The van der Waals surface area contributed by atoms with Crippen molar-refractivity contribution >= 4 is 29.3 Å². The fraction of sp³-hybridized carbons (Fsp3) is 0.250. The Morgan fingerprint density at radius 3 is 2.56 bits per heavy atom. The van der Waals surface area contributed by atoms with Crippen molar-refractivity contribution in [1.29, 1.82) is 0 Å². The Hall–Kier alpha value is -2.70. The van der Waals surface area contributed by atoms with Crippen molar-refractivity contribution in [2.24, 2.45) is 0 Å². The zero-order chi connectivity index (χ0) is 19.2. The van der Waals surface area contributed by atoms with Gasteiger partial charge in [0.05, 0.1) is 48.2 Å². The molecule has 0 spiro atoms. The Bertz CT molecular complexity index is 847. The highest BCUT2D eigenvalue weighted by molar-refractivity contribution is 6.33. The number of nitrogens with zero attached hydrogens (tertiary/aromatic N) is 2. The van der Waals surface area contributed by atoms with Gasteiger partial charge in [0.15, 0.2) is 0 Å². The Morgan fingerprint density at radius 1 is 1.19 bits per heavy atom. The number of nitrogens with one attached hydrogen (secondary N) is 1. The number of amides is 1. The summed E-state index contributed by atoms with van der Waals surface area (Å²) in [6, 6.07) is 14.1. The van der Waals surface area contributed by atoms with Crippen LogP contribution in [0.4, 0.5) is 5.69 Å². The highest BCUT2D eigenvalue weighted by Crippen LogP contribution is 2.23. The van der Waals surface area contributed by atoms with Crippen LogP contribution in [0.3, 0.4) is 0 Å². The molecule has 2 aromatic rings. The molecule has 0 bridgehead atoms. The van der Waals surface area contributed by atoms with Crippen molar-refractivity contribution < 1.29 is 14.6 Å². The Labute approximate surface area is 162 Å². The Balaban J connectivity index is 1.56. The lowest BCUT2D eigenvalue weighted by Gasteiger charge is -2.31. The first-order chi connectivity index (χ1) is 13.0. The standard InChI is InChI=1S/C20H20ClN3O3/c21-19-9-8-17(24(26)27)15-18(19)20(25)23-13-11-22(12-14-23)10-4-7-16-5-2-1-3-6-16/h1-9,15H,10-14H2/p+1/b7-4+. The molecular weight excluding hydrogens is 366 g/mol. The van der Waals surface area contributed by atoms with E-state index in [0.29, 0.717) is 13.1 Å². The number of piperazine rings is 1. The largest absolute Gasteiger partial charge is 0.329 e. The van der Waals surface area contributed by atoms with Gasteiger partial charge in [0.2, 0.25) is 0 Å². The Kier molecular flexibility index (Phi) is 6.21. The number of quaternary nitrogens is 1. The van der Waals surface area contributed by atoms with E-state index in [9.17, 15) is 14.9 Å². The minimum atomic E-state index is -0.520. The molecule has 1 aliphatic rings. The number of nitro groups is 1. The quantitative estimate of drug-likeness (QED) is 0.633. The molecule has 0 aromatic heterocycles. The minimum absolute atomic E-state index is 0.127. The maximum atomic E-state index is 12.7. The van der Waals surface area contributed by atoms with Gasteiger partial charge in [-0.05, 0) is 17.7 Å². The van der Waals surface area contributed by atoms with E-state index in [1.807, 2.05) is 18.2 Å². The molecule has 0 saturated carbocycles. The molecule has 7 heteroatoms. The molecular formula is C20H21ClN3O3+. The van der Waals surface area contributed by atoms with Crippen molar-refractivity contribution in [3.05, 3.63) is 80.9 Å². The van der Waals surface area contributed by atoms with Gasteiger partial charge in [-0.3, -0.25) is 14.9 Å². The zero-order valence-electron chi connectivity index (χ0n) is 14.8. The van der Waals surface area contributed by atoms with Gasteiger partial charge in [-0.25, -0.2) is 0 Å². The second kappa shape index (κ2) is 8.79. The molecule has 140 valence electrons. The first-order valence-electron chi connectivity index (χ1n) is 8.83. The van der Waals surface area contributed by atoms with Gasteiger partial charge in [0.25, 0.3) is 11.6 Å². The first-order valence-corrected chi connectivity index (χ1v) is 9.21. The van der Waals surface area contributed by atoms with Crippen LogP contribution < -0.4 is 4.90 Å². The van der Waals surface area contributed by atoms with E-state index in [2.05, 4.69) is 24.3 Å². The summed E-state index contributed by atoms with van der Waals surface area (Å²) in [6.07, 6.45) is 4.26. The second-order valence-electron chi connectivity index (χ2n) is 6.48. The molecule has 6 nitrogen and oxygen atoms in total. The maximum absolute atomic E-state index is 12.7. The SMILES string of the molecule is O=C(c1cc([N+](=O)[O-])ccc1Cl)N1CC[NH+](C/C=C/c2ccccc2)CC1. The van der Waals surface area contributed by atoms with Gasteiger partial charge in [-0.15, -0.1) is 0 Å². The summed E-state index contributed by atoms with van der Waals surface area (Å²) in [7, 11) is 0. The fourth-order valence-corrected chi connectivity index (χ4v) is 3.32. The number of hydrogen-bond acceptors (Lipinski definition) is 3. The number of halogens is 1. The van der Waals surface area contributed by atoms with Crippen LogP contribution in [0.5, 0.6) is 0 Å². The normalized spacial score (nSPS) is 15.2. The van der Waals surface area contributed by atoms with Crippen LogP contribution in [-0.2, 0) is 0 Å². The summed E-state index contributed by atoms with van der Waals surface area (Å²) in [5.74, 6) is -0.248. The van der Waals surface area contributed by atoms with Crippen LogP contribution in [0.25, 0.3) is 6.08 Å². The third-order valence-electron chi connectivity index (χ3n) is 4.67. The monoisotopic (exact) mass is 386 g/mol. The van der Waals surface area contributed by atoms with Crippen LogP contribution in [0.15, 0.2) is 54.6 Å². The number of non-ortho nitro benzene ring substituents is 1. The molecule has 1 N–H and O–H groups in total. The van der Waals surface area contributed by atoms with Crippen LogP contribution in [-0.4, -0.2) is 48.5 Å². The first kappa shape index (κ1) is 19.1. The smallest absolute Gasteiger partial charge is 0.270 e. The molecule has 1 fully saturated rings. The lowest BCUT2D eigenvalue weighted by Crippen LogP contribution is -3.14. The van der Waals surface area contributed by atoms with Gasteiger partial charge in [-0.1, -0.05) is 48.0 Å². The molecule has 1 saturated heterocycles. The third kappa shape index (κ3) is 4.93. The molecule has 27 heavy (non-hydrogen) atoms. The Morgan fingerprint density at radius 2 is 1.89 bits per heavy atom. The summed E-state index contributed by atoms with van der Waals surface area (Å²) in [4.78, 5) is 26.2. The number of carbonyl (C=O) groups is 1. The number of nitro benzene ring substituents is 1. The van der Waals surface area contributed by atoms with Crippen LogP contribution >= 0.6 is 11.6 Å². The van der Waals surface area contributed by atoms with Crippen molar-refractivity contribution in [2.75, 3.05) is 32.7 Å². The summed E-state index contributed by atoms with van der Waals surface area (Å²) >= 11 is 6.09. The average molecular weight is 387 g/mol. The number of benzene rings is 2.